The predicted octanol–water partition coefficient (Wildman–Crippen LogP) is 3.86. The maximum atomic E-state index is 9.05. The number of hydrogen-bond donors (Lipinski definition) is 1. The molecule has 0 aromatic heterocycles. The highest BCUT2D eigenvalue weighted by Gasteiger charge is 2.15. The smallest absolute Gasteiger partial charge is 0.101 e. The molecule has 0 aliphatic rings. The van der Waals surface area contributed by atoms with Crippen LogP contribution in [0.1, 0.15) is 30.5 Å². The van der Waals surface area contributed by atoms with Gasteiger partial charge in [-0.05, 0) is 31.1 Å². The minimum absolute atomic E-state index is 0.372. The molecule has 82 valence electrons. The van der Waals surface area contributed by atoms with Crippen molar-refractivity contribution in [3.8, 4) is 6.07 Å². The number of nitrogens with zero attached hydrogens (tertiary/aromatic N) is 1. The summed E-state index contributed by atoms with van der Waals surface area (Å²) in [7, 11) is 0. The van der Waals surface area contributed by atoms with Crippen LogP contribution in [0.3, 0.4) is 0 Å². The fourth-order valence-electron chi connectivity index (χ4n) is 1.57. The molecule has 0 saturated carbocycles. The lowest BCUT2D eigenvalue weighted by Gasteiger charge is -2.14. The third kappa shape index (κ3) is 1.95. The lowest BCUT2D eigenvalue weighted by molar-refractivity contribution is 1.43. The van der Waals surface area contributed by atoms with Gasteiger partial charge in [0.15, 0.2) is 0 Å². The van der Waals surface area contributed by atoms with E-state index in [4.69, 9.17) is 22.6 Å². The van der Waals surface area contributed by atoms with Gasteiger partial charge < -0.3 is 5.73 Å². The third-order valence-corrected chi connectivity index (χ3v) is 2.62. The zero-order valence-corrected chi connectivity index (χ0v) is 10.2. The Morgan fingerprint density at radius 2 is 1.94 bits per heavy atom. The minimum atomic E-state index is 0.372. The normalized spacial score (nSPS) is 9.62. The molecule has 0 aliphatic heterocycles. The van der Waals surface area contributed by atoms with Gasteiger partial charge >= 0.3 is 0 Å². The van der Waals surface area contributed by atoms with E-state index >= 15 is 0 Å². The number of halogens is 1. The van der Waals surface area contributed by atoms with Crippen molar-refractivity contribution in [2.45, 2.75) is 13.8 Å². The SMILES string of the molecule is C=C(C)c1cc(Cl)c(C#N)c(C(=C)C)c1N. The van der Waals surface area contributed by atoms with Crippen molar-refractivity contribution >= 4 is 28.4 Å². The monoisotopic (exact) mass is 232 g/mol. The van der Waals surface area contributed by atoms with Crippen molar-refractivity contribution in [2.24, 2.45) is 0 Å². The van der Waals surface area contributed by atoms with E-state index in [0.717, 1.165) is 16.7 Å². The Morgan fingerprint density at radius 3 is 2.31 bits per heavy atom. The van der Waals surface area contributed by atoms with Crippen LogP contribution < -0.4 is 5.73 Å². The molecule has 0 fully saturated rings. The molecule has 0 spiro atoms. The molecule has 1 aromatic carbocycles. The second kappa shape index (κ2) is 4.42. The first-order chi connectivity index (χ1) is 7.40. The first kappa shape index (κ1) is 12.4. The second-order valence-electron chi connectivity index (χ2n) is 3.74. The van der Waals surface area contributed by atoms with E-state index in [1.165, 1.54) is 0 Å². The molecule has 0 aliphatic carbocycles. The van der Waals surface area contributed by atoms with Crippen molar-refractivity contribution < 1.29 is 0 Å². The molecular formula is C13H13ClN2. The quantitative estimate of drug-likeness (QED) is 0.788. The maximum absolute atomic E-state index is 9.05. The van der Waals surface area contributed by atoms with Crippen molar-refractivity contribution in [2.75, 3.05) is 5.73 Å². The van der Waals surface area contributed by atoms with Crippen LogP contribution in [0.5, 0.6) is 0 Å². The molecule has 1 rings (SSSR count). The summed E-state index contributed by atoms with van der Waals surface area (Å²) in [4.78, 5) is 0. The molecule has 0 atom stereocenters. The lowest BCUT2D eigenvalue weighted by Crippen LogP contribution is -2.01. The van der Waals surface area contributed by atoms with Crippen molar-refractivity contribution in [3.05, 3.63) is 40.9 Å². The molecule has 0 radical (unpaired) electrons. The minimum Gasteiger partial charge on any atom is -0.398 e. The molecule has 0 bridgehead atoms. The second-order valence-corrected chi connectivity index (χ2v) is 4.15. The van der Waals surface area contributed by atoms with E-state index in [1.807, 2.05) is 13.0 Å². The standard InChI is InChI=1S/C13H13ClN2/c1-7(2)9-5-11(14)10(6-15)12(8(3)4)13(9)16/h5H,1,3,16H2,2,4H3. The topological polar surface area (TPSA) is 49.8 Å². The van der Waals surface area contributed by atoms with Crippen LogP contribution in [0, 0.1) is 11.3 Å². The molecule has 2 N–H and O–H groups in total. The molecule has 2 nitrogen and oxygen atoms in total. The van der Waals surface area contributed by atoms with E-state index < -0.39 is 0 Å². The first-order valence-corrected chi connectivity index (χ1v) is 5.11. The van der Waals surface area contributed by atoms with Gasteiger partial charge in [-0.25, -0.2) is 0 Å². The maximum Gasteiger partial charge on any atom is 0.101 e. The molecule has 0 saturated heterocycles. The van der Waals surface area contributed by atoms with Crippen molar-refractivity contribution in [3.63, 3.8) is 0 Å². The van der Waals surface area contributed by atoms with Crippen LogP contribution in [0.25, 0.3) is 11.1 Å². The van der Waals surface area contributed by atoms with E-state index in [2.05, 4.69) is 13.2 Å². The van der Waals surface area contributed by atoms with Crippen LogP contribution in [-0.4, -0.2) is 0 Å². The number of allylic oxidation sites excluding steroid dienone is 2. The Hall–Kier alpha value is -1.72. The summed E-state index contributed by atoms with van der Waals surface area (Å²) in [5.74, 6) is 0. The van der Waals surface area contributed by atoms with E-state index in [9.17, 15) is 0 Å². The average molecular weight is 233 g/mol. The molecular weight excluding hydrogens is 220 g/mol. The zero-order chi connectivity index (χ0) is 12.5. The summed E-state index contributed by atoms with van der Waals surface area (Å²) in [6.07, 6.45) is 0. The van der Waals surface area contributed by atoms with Gasteiger partial charge in [0.1, 0.15) is 6.07 Å². The fourth-order valence-corrected chi connectivity index (χ4v) is 1.82. The zero-order valence-electron chi connectivity index (χ0n) is 9.39. The van der Waals surface area contributed by atoms with Crippen LogP contribution in [0.2, 0.25) is 5.02 Å². The van der Waals surface area contributed by atoms with Crippen LogP contribution in [0.4, 0.5) is 5.69 Å². The summed E-state index contributed by atoms with van der Waals surface area (Å²) < 4.78 is 0. The fraction of sp³-hybridized carbons (Fsp3) is 0.154. The largest absolute Gasteiger partial charge is 0.398 e. The summed E-state index contributed by atoms with van der Waals surface area (Å²) in [6.45, 7) is 11.3. The molecule has 0 amide bonds. The third-order valence-electron chi connectivity index (χ3n) is 2.32. The number of nitrogens with two attached hydrogens (primary N) is 1. The van der Waals surface area contributed by atoms with E-state index in [0.29, 0.717) is 21.8 Å². The summed E-state index contributed by atoms with van der Waals surface area (Å²) in [6, 6.07) is 3.72. The Balaban J connectivity index is 3.74. The Morgan fingerprint density at radius 1 is 1.38 bits per heavy atom. The highest BCUT2D eigenvalue weighted by molar-refractivity contribution is 6.32. The van der Waals surface area contributed by atoms with Crippen LogP contribution in [0.15, 0.2) is 19.2 Å². The van der Waals surface area contributed by atoms with Crippen molar-refractivity contribution in [1.29, 1.82) is 5.26 Å². The summed E-state index contributed by atoms with van der Waals surface area (Å²) >= 11 is 6.03. The number of anilines is 1. The lowest BCUT2D eigenvalue weighted by atomic mass is 9.94. The van der Waals surface area contributed by atoms with Crippen LogP contribution >= 0.6 is 11.6 Å². The van der Waals surface area contributed by atoms with Crippen molar-refractivity contribution in [1.82, 2.24) is 0 Å². The summed E-state index contributed by atoms with van der Waals surface area (Å²) in [5.41, 5.74) is 9.80. The van der Waals surface area contributed by atoms with Gasteiger partial charge in [-0.2, -0.15) is 5.26 Å². The van der Waals surface area contributed by atoms with Gasteiger partial charge in [0.2, 0.25) is 0 Å². The van der Waals surface area contributed by atoms with Gasteiger partial charge in [0.05, 0.1) is 10.6 Å². The Bertz CT molecular complexity index is 522. The molecule has 3 heteroatoms. The number of rotatable bonds is 2. The van der Waals surface area contributed by atoms with Crippen LogP contribution in [-0.2, 0) is 0 Å². The van der Waals surface area contributed by atoms with Gasteiger partial charge in [-0.15, -0.1) is 0 Å². The molecule has 0 unspecified atom stereocenters. The molecule has 16 heavy (non-hydrogen) atoms. The number of benzene rings is 1. The molecule has 0 heterocycles. The number of hydrogen-bond acceptors (Lipinski definition) is 2. The van der Waals surface area contributed by atoms with E-state index in [-0.39, 0.29) is 0 Å². The molecule has 1 aromatic rings. The Labute approximate surface area is 101 Å². The van der Waals surface area contributed by atoms with Gasteiger partial charge in [0.25, 0.3) is 0 Å². The number of nitriles is 1. The van der Waals surface area contributed by atoms with Gasteiger partial charge in [-0.1, -0.05) is 24.8 Å². The Kier molecular flexibility index (Phi) is 3.41. The average Bonchev–Trinajstić information content (AvgIpc) is 2.19. The predicted molar refractivity (Wildman–Crippen MR) is 70.0 cm³/mol. The highest BCUT2D eigenvalue weighted by Crippen LogP contribution is 2.35. The number of nitrogen functional groups attached to an aromatic ring is 1. The van der Waals surface area contributed by atoms with Gasteiger partial charge in [-0.3, -0.25) is 0 Å². The van der Waals surface area contributed by atoms with Gasteiger partial charge in [0, 0.05) is 16.8 Å². The first-order valence-electron chi connectivity index (χ1n) is 4.74. The summed E-state index contributed by atoms with van der Waals surface area (Å²) in [5, 5.41) is 9.43. The van der Waals surface area contributed by atoms with E-state index in [1.54, 1.807) is 13.0 Å². The highest BCUT2D eigenvalue weighted by atomic mass is 35.5.